The molecule has 2 aromatic rings. The fourth-order valence-corrected chi connectivity index (χ4v) is 1.47. The normalized spacial score (nSPS) is 12.3. The van der Waals surface area contributed by atoms with E-state index < -0.39 is 0 Å². The summed E-state index contributed by atoms with van der Waals surface area (Å²) in [5, 5.41) is 9.63. The van der Waals surface area contributed by atoms with Crippen molar-refractivity contribution in [2.45, 2.75) is 6.04 Å². The zero-order valence-electron chi connectivity index (χ0n) is 8.17. The first-order valence-corrected chi connectivity index (χ1v) is 4.73. The van der Waals surface area contributed by atoms with E-state index in [2.05, 4.69) is 4.98 Å². The van der Waals surface area contributed by atoms with E-state index in [0.29, 0.717) is 5.56 Å². The Kier molecular flexibility index (Phi) is 2.65. The summed E-state index contributed by atoms with van der Waals surface area (Å²) >= 11 is 0. The van der Waals surface area contributed by atoms with Crippen LogP contribution in [0, 0.1) is 0 Å². The highest BCUT2D eigenvalue weighted by Crippen LogP contribution is 2.25. The number of para-hydroxylation sites is 1. The molecule has 0 radical (unpaired) electrons. The van der Waals surface area contributed by atoms with Gasteiger partial charge in [0.25, 0.3) is 0 Å². The molecular weight excluding hydrogens is 188 g/mol. The van der Waals surface area contributed by atoms with Crippen molar-refractivity contribution in [2.24, 2.45) is 5.73 Å². The number of rotatable bonds is 2. The molecule has 1 aromatic heterocycles. The molecule has 3 N–H and O–H groups in total. The van der Waals surface area contributed by atoms with Crippen LogP contribution >= 0.6 is 0 Å². The van der Waals surface area contributed by atoms with Gasteiger partial charge in [-0.25, -0.2) is 0 Å². The maximum atomic E-state index is 9.63. The van der Waals surface area contributed by atoms with Gasteiger partial charge in [0.05, 0.1) is 11.7 Å². The third-order valence-electron chi connectivity index (χ3n) is 2.28. The van der Waals surface area contributed by atoms with Crippen molar-refractivity contribution in [1.29, 1.82) is 0 Å². The molecule has 2 rings (SSSR count). The molecule has 0 fully saturated rings. The van der Waals surface area contributed by atoms with E-state index in [-0.39, 0.29) is 11.8 Å². The molecule has 3 heteroatoms. The quantitative estimate of drug-likeness (QED) is 0.777. The number of nitrogens with zero attached hydrogens (tertiary/aromatic N) is 1. The second-order valence-electron chi connectivity index (χ2n) is 3.29. The molecule has 0 amide bonds. The van der Waals surface area contributed by atoms with Crippen LogP contribution in [0.5, 0.6) is 5.75 Å². The van der Waals surface area contributed by atoms with Crippen LogP contribution in [-0.2, 0) is 0 Å². The average Bonchev–Trinajstić information content (AvgIpc) is 2.30. The van der Waals surface area contributed by atoms with Crippen LogP contribution in [0.3, 0.4) is 0 Å². The van der Waals surface area contributed by atoms with Crippen LogP contribution in [0.25, 0.3) is 0 Å². The van der Waals surface area contributed by atoms with Crippen LogP contribution in [0.1, 0.15) is 17.3 Å². The molecule has 76 valence electrons. The molecule has 3 nitrogen and oxygen atoms in total. The third kappa shape index (κ3) is 1.97. The fraction of sp³-hybridized carbons (Fsp3) is 0.0833. The van der Waals surface area contributed by atoms with Gasteiger partial charge in [-0.3, -0.25) is 4.98 Å². The Morgan fingerprint density at radius 2 is 1.80 bits per heavy atom. The van der Waals surface area contributed by atoms with E-state index in [1.807, 2.05) is 24.3 Å². The Labute approximate surface area is 88.2 Å². The van der Waals surface area contributed by atoms with Crippen LogP contribution < -0.4 is 5.73 Å². The number of aromatic hydroxyl groups is 1. The molecule has 0 saturated heterocycles. The maximum absolute atomic E-state index is 9.63. The minimum atomic E-state index is -0.382. The first-order valence-electron chi connectivity index (χ1n) is 4.73. The van der Waals surface area contributed by atoms with Gasteiger partial charge in [-0.05, 0) is 18.2 Å². The number of nitrogens with two attached hydrogens (primary N) is 1. The molecule has 1 unspecified atom stereocenters. The number of phenols is 1. The summed E-state index contributed by atoms with van der Waals surface area (Å²) < 4.78 is 0. The van der Waals surface area contributed by atoms with Crippen molar-refractivity contribution >= 4 is 0 Å². The highest BCUT2D eigenvalue weighted by atomic mass is 16.3. The van der Waals surface area contributed by atoms with Crippen molar-refractivity contribution in [3.8, 4) is 5.75 Å². The Balaban J connectivity index is 2.37. The van der Waals surface area contributed by atoms with Gasteiger partial charge in [-0.2, -0.15) is 0 Å². The van der Waals surface area contributed by atoms with E-state index in [1.54, 1.807) is 24.4 Å². The Morgan fingerprint density at radius 3 is 2.47 bits per heavy atom. The number of hydrogen-bond donors (Lipinski definition) is 2. The van der Waals surface area contributed by atoms with Gasteiger partial charge in [0.1, 0.15) is 5.75 Å². The Morgan fingerprint density at radius 1 is 1.07 bits per heavy atom. The minimum Gasteiger partial charge on any atom is -0.508 e. The van der Waals surface area contributed by atoms with Gasteiger partial charge in [-0.1, -0.05) is 24.3 Å². The SMILES string of the molecule is NC(c1ccccn1)c1ccccc1O. The second-order valence-corrected chi connectivity index (χ2v) is 3.29. The second kappa shape index (κ2) is 4.11. The summed E-state index contributed by atoms with van der Waals surface area (Å²) in [6.45, 7) is 0. The summed E-state index contributed by atoms with van der Waals surface area (Å²) in [5.41, 5.74) is 7.43. The Hall–Kier alpha value is -1.87. The predicted molar refractivity (Wildman–Crippen MR) is 58.4 cm³/mol. The molecule has 0 spiro atoms. The largest absolute Gasteiger partial charge is 0.508 e. The molecule has 0 aliphatic carbocycles. The summed E-state index contributed by atoms with van der Waals surface area (Å²) in [5.74, 6) is 0.204. The van der Waals surface area contributed by atoms with Crippen molar-refractivity contribution in [3.63, 3.8) is 0 Å². The minimum absolute atomic E-state index is 0.204. The van der Waals surface area contributed by atoms with Crippen molar-refractivity contribution in [3.05, 3.63) is 59.9 Å². The number of benzene rings is 1. The van der Waals surface area contributed by atoms with Crippen molar-refractivity contribution in [1.82, 2.24) is 4.98 Å². The van der Waals surface area contributed by atoms with Crippen molar-refractivity contribution < 1.29 is 5.11 Å². The zero-order valence-corrected chi connectivity index (χ0v) is 8.17. The Bertz CT molecular complexity index is 442. The van der Waals surface area contributed by atoms with E-state index in [4.69, 9.17) is 5.73 Å². The molecule has 15 heavy (non-hydrogen) atoms. The number of phenolic OH excluding ortho intramolecular Hbond substituents is 1. The highest BCUT2D eigenvalue weighted by Gasteiger charge is 2.12. The van der Waals surface area contributed by atoms with Gasteiger partial charge >= 0.3 is 0 Å². The standard InChI is InChI=1S/C12H12N2O/c13-12(10-6-3-4-8-14-10)9-5-1-2-7-11(9)15/h1-8,12,15H,13H2. The molecular formula is C12H12N2O. The summed E-state index contributed by atoms with van der Waals surface area (Å²) in [7, 11) is 0. The fourth-order valence-electron chi connectivity index (χ4n) is 1.47. The molecule has 0 bridgehead atoms. The van der Waals surface area contributed by atoms with E-state index in [1.165, 1.54) is 0 Å². The van der Waals surface area contributed by atoms with E-state index >= 15 is 0 Å². The lowest BCUT2D eigenvalue weighted by Crippen LogP contribution is -2.13. The van der Waals surface area contributed by atoms with Crippen LogP contribution in [0.2, 0.25) is 0 Å². The lowest BCUT2D eigenvalue weighted by atomic mass is 10.0. The monoisotopic (exact) mass is 200 g/mol. The summed E-state index contributed by atoms with van der Waals surface area (Å²) in [4.78, 5) is 4.16. The van der Waals surface area contributed by atoms with Crippen LogP contribution in [0.4, 0.5) is 0 Å². The smallest absolute Gasteiger partial charge is 0.120 e. The van der Waals surface area contributed by atoms with Crippen LogP contribution in [0.15, 0.2) is 48.7 Å². The number of aromatic nitrogens is 1. The van der Waals surface area contributed by atoms with Gasteiger partial charge in [0, 0.05) is 11.8 Å². The highest BCUT2D eigenvalue weighted by molar-refractivity contribution is 5.38. The summed E-state index contributed by atoms with van der Waals surface area (Å²) in [6, 6.07) is 12.2. The first-order chi connectivity index (χ1) is 7.29. The van der Waals surface area contributed by atoms with E-state index in [0.717, 1.165) is 5.69 Å². The lowest BCUT2D eigenvalue weighted by molar-refractivity contribution is 0.465. The summed E-state index contributed by atoms with van der Waals surface area (Å²) in [6.07, 6.45) is 1.69. The molecule has 0 aliphatic heterocycles. The lowest BCUT2D eigenvalue weighted by Gasteiger charge is -2.12. The van der Waals surface area contributed by atoms with Crippen molar-refractivity contribution in [2.75, 3.05) is 0 Å². The van der Waals surface area contributed by atoms with E-state index in [9.17, 15) is 5.11 Å². The van der Waals surface area contributed by atoms with Gasteiger partial charge in [-0.15, -0.1) is 0 Å². The van der Waals surface area contributed by atoms with Crippen LogP contribution in [-0.4, -0.2) is 10.1 Å². The molecule has 1 aromatic carbocycles. The maximum Gasteiger partial charge on any atom is 0.120 e. The number of hydrogen-bond acceptors (Lipinski definition) is 3. The third-order valence-corrected chi connectivity index (χ3v) is 2.28. The van der Waals surface area contributed by atoms with Gasteiger partial charge < -0.3 is 10.8 Å². The first kappa shape index (κ1) is 9.68. The predicted octanol–water partition coefficient (Wildman–Crippen LogP) is 1.84. The van der Waals surface area contributed by atoms with Gasteiger partial charge in [0.15, 0.2) is 0 Å². The molecule has 1 atom stereocenters. The number of pyridine rings is 1. The average molecular weight is 200 g/mol. The molecule has 1 heterocycles. The van der Waals surface area contributed by atoms with Gasteiger partial charge in [0.2, 0.25) is 0 Å². The molecule has 0 saturated carbocycles. The topological polar surface area (TPSA) is 59.1 Å². The zero-order chi connectivity index (χ0) is 10.7. The molecule has 0 aliphatic rings.